The standard InChI is InChI=1S/C15H17FN2O/c1-10-2-3-12(8-17-10)15-18-14(9-19-15)11-4-6-13(16)7-5-11/h4-7,9-10,12,17H,2-3,8H2,1H3. The fraction of sp³-hybridized carbons (Fsp3) is 0.400. The molecule has 1 fully saturated rings. The Bertz CT molecular complexity index is 542. The van der Waals surface area contributed by atoms with Gasteiger partial charge in [-0.2, -0.15) is 0 Å². The fourth-order valence-corrected chi connectivity index (χ4v) is 2.44. The highest BCUT2D eigenvalue weighted by Crippen LogP contribution is 2.27. The van der Waals surface area contributed by atoms with Crippen LogP contribution in [0.4, 0.5) is 4.39 Å². The van der Waals surface area contributed by atoms with Gasteiger partial charge in [-0.25, -0.2) is 9.37 Å². The number of hydrogen-bond acceptors (Lipinski definition) is 3. The summed E-state index contributed by atoms with van der Waals surface area (Å²) in [5.41, 5.74) is 1.65. The largest absolute Gasteiger partial charge is 0.448 e. The minimum Gasteiger partial charge on any atom is -0.448 e. The summed E-state index contributed by atoms with van der Waals surface area (Å²) in [7, 11) is 0. The molecular formula is C15H17FN2O. The molecule has 2 atom stereocenters. The molecule has 1 N–H and O–H groups in total. The Hall–Kier alpha value is -1.68. The first-order valence-electron chi connectivity index (χ1n) is 6.67. The number of hydrogen-bond donors (Lipinski definition) is 1. The highest BCUT2D eigenvalue weighted by molar-refractivity contribution is 5.57. The van der Waals surface area contributed by atoms with Crippen LogP contribution in [0.5, 0.6) is 0 Å². The maximum absolute atomic E-state index is 12.9. The van der Waals surface area contributed by atoms with Gasteiger partial charge in [-0.05, 0) is 44.0 Å². The number of nitrogens with one attached hydrogen (secondary N) is 1. The Morgan fingerprint density at radius 1 is 1.26 bits per heavy atom. The van der Waals surface area contributed by atoms with Crippen molar-refractivity contribution < 1.29 is 8.81 Å². The van der Waals surface area contributed by atoms with Crippen LogP contribution in [-0.4, -0.2) is 17.6 Å². The quantitative estimate of drug-likeness (QED) is 0.900. The molecule has 3 nitrogen and oxygen atoms in total. The van der Waals surface area contributed by atoms with E-state index in [2.05, 4.69) is 17.2 Å². The van der Waals surface area contributed by atoms with Gasteiger partial charge in [0.05, 0.1) is 0 Å². The molecule has 0 spiro atoms. The summed E-state index contributed by atoms with van der Waals surface area (Å²) in [6.45, 7) is 3.10. The Kier molecular flexibility index (Phi) is 3.34. The van der Waals surface area contributed by atoms with Gasteiger partial charge in [-0.1, -0.05) is 0 Å². The van der Waals surface area contributed by atoms with Gasteiger partial charge in [0.1, 0.15) is 17.8 Å². The third-order valence-corrected chi connectivity index (χ3v) is 3.67. The predicted octanol–water partition coefficient (Wildman–Crippen LogP) is 3.34. The van der Waals surface area contributed by atoms with Gasteiger partial charge < -0.3 is 9.73 Å². The Morgan fingerprint density at radius 2 is 2.05 bits per heavy atom. The lowest BCUT2D eigenvalue weighted by Crippen LogP contribution is -2.35. The number of aromatic nitrogens is 1. The summed E-state index contributed by atoms with van der Waals surface area (Å²) >= 11 is 0. The summed E-state index contributed by atoms with van der Waals surface area (Å²) in [5, 5.41) is 3.44. The van der Waals surface area contributed by atoms with E-state index in [4.69, 9.17) is 4.42 Å². The molecule has 19 heavy (non-hydrogen) atoms. The zero-order chi connectivity index (χ0) is 13.2. The molecule has 3 rings (SSSR count). The van der Waals surface area contributed by atoms with Crippen LogP contribution in [0.3, 0.4) is 0 Å². The summed E-state index contributed by atoms with van der Waals surface area (Å²) in [4.78, 5) is 4.53. The molecule has 0 aliphatic carbocycles. The van der Waals surface area contributed by atoms with Crippen LogP contribution < -0.4 is 5.32 Å². The maximum atomic E-state index is 12.9. The average Bonchev–Trinajstić information content (AvgIpc) is 2.90. The van der Waals surface area contributed by atoms with Crippen molar-refractivity contribution >= 4 is 0 Å². The van der Waals surface area contributed by atoms with Crippen LogP contribution in [0.25, 0.3) is 11.3 Å². The van der Waals surface area contributed by atoms with E-state index in [0.29, 0.717) is 12.0 Å². The van der Waals surface area contributed by atoms with Crippen LogP contribution in [0.15, 0.2) is 34.9 Å². The summed E-state index contributed by atoms with van der Waals surface area (Å²) in [6, 6.07) is 6.89. The van der Waals surface area contributed by atoms with Crippen LogP contribution in [-0.2, 0) is 0 Å². The first-order valence-corrected chi connectivity index (χ1v) is 6.67. The predicted molar refractivity (Wildman–Crippen MR) is 71.3 cm³/mol. The van der Waals surface area contributed by atoms with Gasteiger partial charge in [0.15, 0.2) is 5.89 Å². The number of halogens is 1. The summed E-state index contributed by atoms with van der Waals surface area (Å²) in [5.74, 6) is 0.877. The van der Waals surface area contributed by atoms with E-state index < -0.39 is 0 Å². The molecular weight excluding hydrogens is 243 g/mol. The minimum absolute atomic E-state index is 0.238. The van der Waals surface area contributed by atoms with E-state index in [1.165, 1.54) is 12.1 Å². The number of rotatable bonds is 2. The Labute approximate surface area is 111 Å². The maximum Gasteiger partial charge on any atom is 0.198 e. The number of oxazole rings is 1. The highest BCUT2D eigenvalue weighted by Gasteiger charge is 2.23. The molecule has 1 aliphatic heterocycles. The first-order chi connectivity index (χ1) is 9.22. The number of piperidine rings is 1. The second-order valence-electron chi connectivity index (χ2n) is 5.16. The van der Waals surface area contributed by atoms with Crippen LogP contribution >= 0.6 is 0 Å². The molecule has 1 aliphatic rings. The SMILES string of the molecule is CC1CCC(c2nc(-c3ccc(F)cc3)co2)CN1. The van der Waals surface area contributed by atoms with Gasteiger partial charge in [0.25, 0.3) is 0 Å². The molecule has 0 radical (unpaired) electrons. The van der Waals surface area contributed by atoms with Crippen molar-refractivity contribution in [2.45, 2.75) is 31.7 Å². The average molecular weight is 260 g/mol. The van der Waals surface area contributed by atoms with Crippen LogP contribution in [0.1, 0.15) is 31.6 Å². The third kappa shape index (κ3) is 2.68. The Balaban J connectivity index is 1.77. The lowest BCUT2D eigenvalue weighted by Gasteiger charge is -2.25. The van der Waals surface area contributed by atoms with E-state index in [0.717, 1.165) is 36.5 Å². The summed E-state index contributed by atoms with van der Waals surface area (Å²) in [6.07, 6.45) is 3.89. The molecule has 4 heteroatoms. The second kappa shape index (κ2) is 5.13. The van der Waals surface area contributed by atoms with Gasteiger partial charge in [-0.15, -0.1) is 0 Å². The van der Waals surface area contributed by atoms with Gasteiger partial charge >= 0.3 is 0 Å². The van der Waals surface area contributed by atoms with Gasteiger partial charge in [-0.3, -0.25) is 0 Å². The van der Waals surface area contributed by atoms with E-state index in [1.54, 1.807) is 18.4 Å². The number of benzene rings is 1. The molecule has 1 aromatic heterocycles. The van der Waals surface area contributed by atoms with Crippen LogP contribution in [0, 0.1) is 5.82 Å². The van der Waals surface area contributed by atoms with Crippen molar-refractivity contribution in [1.82, 2.24) is 10.3 Å². The minimum atomic E-state index is -0.238. The molecule has 0 bridgehead atoms. The molecule has 2 aromatic rings. The van der Waals surface area contributed by atoms with E-state index >= 15 is 0 Å². The zero-order valence-corrected chi connectivity index (χ0v) is 10.9. The van der Waals surface area contributed by atoms with Crippen molar-refractivity contribution in [3.8, 4) is 11.3 Å². The zero-order valence-electron chi connectivity index (χ0n) is 10.9. The monoisotopic (exact) mass is 260 g/mol. The van der Waals surface area contributed by atoms with Crippen molar-refractivity contribution in [2.75, 3.05) is 6.54 Å². The highest BCUT2D eigenvalue weighted by atomic mass is 19.1. The topological polar surface area (TPSA) is 38.1 Å². The van der Waals surface area contributed by atoms with Crippen molar-refractivity contribution in [2.24, 2.45) is 0 Å². The molecule has 0 saturated carbocycles. The van der Waals surface area contributed by atoms with Gasteiger partial charge in [0, 0.05) is 24.1 Å². The number of nitrogens with zero attached hydrogens (tertiary/aromatic N) is 1. The molecule has 1 saturated heterocycles. The summed E-state index contributed by atoms with van der Waals surface area (Å²) < 4.78 is 18.5. The first kappa shape index (κ1) is 12.4. The van der Waals surface area contributed by atoms with Crippen LogP contribution in [0.2, 0.25) is 0 Å². The van der Waals surface area contributed by atoms with Gasteiger partial charge in [0.2, 0.25) is 0 Å². The smallest absolute Gasteiger partial charge is 0.198 e. The van der Waals surface area contributed by atoms with Crippen molar-refractivity contribution in [3.63, 3.8) is 0 Å². The van der Waals surface area contributed by atoms with E-state index in [-0.39, 0.29) is 5.82 Å². The van der Waals surface area contributed by atoms with E-state index in [9.17, 15) is 4.39 Å². The van der Waals surface area contributed by atoms with Crippen molar-refractivity contribution in [1.29, 1.82) is 0 Å². The molecule has 2 heterocycles. The molecule has 1 aromatic carbocycles. The lowest BCUT2D eigenvalue weighted by molar-refractivity contribution is 0.335. The molecule has 100 valence electrons. The van der Waals surface area contributed by atoms with E-state index in [1.807, 2.05) is 0 Å². The normalized spacial score (nSPS) is 23.5. The lowest BCUT2D eigenvalue weighted by atomic mass is 9.95. The fourth-order valence-electron chi connectivity index (χ4n) is 2.44. The second-order valence-corrected chi connectivity index (χ2v) is 5.16. The third-order valence-electron chi connectivity index (χ3n) is 3.67. The molecule has 0 amide bonds. The Morgan fingerprint density at radius 3 is 2.74 bits per heavy atom. The van der Waals surface area contributed by atoms with Crippen molar-refractivity contribution in [3.05, 3.63) is 42.2 Å². The molecule has 2 unspecified atom stereocenters.